The van der Waals surface area contributed by atoms with E-state index in [0.29, 0.717) is 12.2 Å². The number of fused-ring (bicyclic) bond motifs is 1. The fourth-order valence-electron chi connectivity index (χ4n) is 2.20. The van der Waals surface area contributed by atoms with Gasteiger partial charge in [-0.25, -0.2) is 0 Å². The van der Waals surface area contributed by atoms with Gasteiger partial charge in [0.25, 0.3) is 5.91 Å². The summed E-state index contributed by atoms with van der Waals surface area (Å²) in [6, 6.07) is 11.6. The maximum absolute atomic E-state index is 12.1. The van der Waals surface area contributed by atoms with Gasteiger partial charge in [-0.1, -0.05) is 18.2 Å². The van der Waals surface area contributed by atoms with Crippen molar-refractivity contribution >= 4 is 16.8 Å². The molecule has 1 aromatic carbocycles. The highest BCUT2D eigenvalue weighted by Crippen LogP contribution is 2.14. The first-order valence-electron chi connectivity index (χ1n) is 6.66. The van der Waals surface area contributed by atoms with Crippen LogP contribution < -0.4 is 5.32 Å². The van der Waals surface area contributed by atoms with E-state index in [0.717, 1.165) is 23.9 Å². The number of amides is 1. The van der Waals surface area contributed by atoms with Crippen LogP contribution in [0, 0.1) is 0 Å². The predicted molar refractivity (Wildman–Crippen MR) is 77.5 cm³/mol. The molecular weight excluding hydrogens is 252 g/mol. The Bertz CT molecular complexity index is 700. The smallest absolute Gasteiger partial charge is 0.272 e. The molecule has 5 heteroatoms. The highest BCUT2D eigenvalue weighted by atomic mass is 16.1. The molecule has 1 amide bonds. The van der Waals surface area contributed by atoms with Crippen LogP contribution in [0.4, 0.5) is 0 Å². The summed E-state index contributed by atoms with van der Waals surface area (Å²) in [7, 11) is 0. The Labute approximate surface area is 116 Å². The average Bonchev–Trinajstić information content (AvgIpc) is 3.12. The summed E-state index contributed by atoms with van der Waals surface area (Å²) in [6.45, 7) is 1.53. The highest BCUT2D eigenvalue weighted by molar-refractivity contribution is 6.04. The lowest BCUT2D eigenvalue weighted by Gasteiger charge is -2.04. The second kappa shape index (κ2) is 5.61. The summed E-state index contributed by atoms with van der Waals surface area (Å²) < 4.78 is 2.09. The lowest BCUT2D eigenvalue weighted by molar-refractivity contribution is 0.0949. The molecule has 3 rings (SSSR count). The summed E-state index contributed by atoms with van der Waals surface area (Å²) in [5.41, 5.74) is 1.34. The molecule has 5 nitrogen and oxygen atoms in total. The second-order valence-electron chi connectivity index (χ2n) is 4.65. The number of benzene rings is 1. The van der Waals surface area contributed by atoms with E-state index in [1.807, 2.05) is 48.8 Å². The summed E-state index contributed by atoms with van der Waals surface area (Å²) in [5, 5.41) is 10.7. The van der Waals surface area contributed by atoms with Gasteiger partial charge in [0.1, 0.15) is 0 Å². The van der Waals surface area contributed by atoms with E-state index < -0.39 is 0 Å². The number of H-pyrrole nitrogens is 1. The molecule has 2 heterocycles. The normalized spacial score (nSPS) is 10.8. The van der Waals surface area contributed by atoms with Gasteiger partial charge in [0.05, 0.1) is 5.52 Å². The number of hydrogen-bond donors (Lipinski definition) is 2. The molecule has 0 spiro atoms. The van der Waals surface area contributed by atoms with Crippen LogP contribution in [-0.4, -0.2) is 27.2 Å². The summed E-state index contributed by atoms with van der Waals surface area (Å²) in [6.07, 6.45) is 4.93. The molecule has 0 aliphatic heterocycles. The van der Waals surface area contributed by atoms with Gasteiger partial charge >= 0.3 is 0 Å². The summed E-state index contributed by atoms with van der Waals surface area (Å²) in [5.74, 6) is -0.130. The van der Waals surface area contributed by atoms with Gasteiger partial charge in [0.15, 0.2) is 5.69 Å². The molecule has 3 aromatic rings. The number of carbonyl (C=O) groups excluding carboxylic acids is 1. The molecule has 0 radical (unpaired) electrons. The monoisotopic (exact) mass is 268 g/mol. The molecule has 2 aromatic heterocycles. The Morgan fingerprint density at radius 3 is 2.85 bits per heavy atom. The maximum Gasteiger partial charge on any atom is 0.272 e. The number of aromatic amines is 1. The lowest BCUT2D eigenvalue weighted by Crippen LogP contribution is -2.25. The third-order valence-electron chi connectivity index (χ3n) is 3.23. The quantitative estimate of drug-likeness (QED) is 0.697. The first-order valence-corrected chi connectivity index (χ1v) is 6.66. The van der Waals surface area contributed by atoms with Gasteiger partial charge in [-0.2, -0.15) is 5.10 Å². The van der Waals surface area contributed by atoms with Crippen molar-refractivity contribution in [3.63, 3.8) is 0 Å². The Morgan fingerprint density at radius 1 is 1.20 bits per heavy atom. The van der Waals surface area contributed by atoms with E-state index in [2.05, 4.69) is 20.1 Å². The molecule has 0 unspecified atom stereocenters. The third-order valence-corrected chi connectivity index (χ3v) is 3.23. The zero-order valence-corrected chi connectivity index (χ0v) is 11.0. The molecule has 102 valence electrons. The fraction of sp³-hybridized carbons (Fsp3) is 0.200. The van der Waals surface area contributed by atoms with Gasteiger partial charge in [0, 0.05) is 30.9 Å². The Hall–Kier alpha value is -2.56. The van der Waals surface area contributed by atoms with Crippen LogP contribution >= 0.6 is 0 Å². The largest absolute Gasteiger partial charge is 0.354 e. The predicted octanol–water partition coefficient (Wildman–Crippen LogP) is 2.18. The van der Waals surface area contributed by atoms with E-state index in [-0.39, 0.29) is 5.91 Å². The van der Waals surface area contributed by atoms with E-state index >= 15 is 0 Å². The number of nitrogens with zero attached hydrogens (tertiary/aromatic N) is 2. The van der Waals surface area contributed by atoms with Crippen LogP contribution in [0.15, 0.2) is 48.8 Å². The summed E-state index contributed by atoms with van der Waals surface area (Å²) in [4.78, 5) is 12.1. The Kier molecular flexibility index (Phi) is 3.50. The molecule has 0 saturated carbocycles. The number of aromatic nitrogens is 3. The molecule has 20 heavy (non-hydrogen) atoms. The van der Waals surface area contributed by atoms with E-state index in [9.17, 15) is 4.79 Å². The number of para-hydroxylation sites is 1. The van der Waals surface area contributed by atoms with E-state index in [1.165, 1.54) is 0 Å². The van der Waals surface area contributed by atoms with Crippen LogP contribution in [0.25, 0.3) is 10.9 Å². The van der Waals surface area contributed by atoms with Crippen molar-refractivity contribution in [1.82, 2.24) is 20.1 Å². The number of nitrogens with one attached hydrogen (secondary N) is 2. The van der Waals surface area contributed by atoms with Gasteiger partial charge < -0.3 is 9.88 Å². The molecule has 0 aliphatic rings. The fourth-order valence-corrected chi connectivity index (χ4v) is 2.20. The topological polar surface area (TPSA) is 62.7 Å². The molecule has 0 aliphatic carbocycles. The number of aryl methyl sites for hydroxylation is 1. The van der Waals surface area contributed by atoms with Crippen LogP contribution in [-0.2, 0) is 6.54 Å². The minimum absolute atomic E-state index is 0.130. The van der Waals surface area contributed by atoms with Crippen LogP contribution in [0.5, 0.6) is 0 Å². The lowest BCUT2D eigenvalue weighted by atomic mass is 10.2. The first-order chi connectivity index (χ1) is 9.84. The van der Waals surface area contributed by atoms with E-state index in [1.54, 1.807) is 0 Å². The van der Waals surface area contributed by atoms with Gasteiger partial charge in [0.2, 0.25) is 0 Å². The second-order valence-corrected chi connectivity index (χ2v) is 4.65. The van der Waals surface area contributed by atoms with Crippen molar-refractivity contribution in [3.8, 4) is 0 Å². The van der Waals surface area contributed by atoms with E-state index in [4.69, 9.17) is 0 Å². The average molecular weight is 268 g/mol. The number of carbonyl (C=O) groups is 1. The standard InChI is InChI=1S/C15H16N4O/c20-15(16-8-5-11-19-9-3-4-10-19)14-12-6-1-2-7-13(12)17-18-14/h1-4,6-7,9-10H,5,8,11H2,(H,16,20)(H,17,18). The van der Waals surface area contributed by atoms with Crippen LogP contribution in [0.3, 0.4) is 0 Å². The molecular formula is C15H16N4O. The van der Waals surface area contributed by atoms with Crippen LogP contribution in [0.2, 0.25) is 0 Å². The summed E-state index contributed by atoms with van der Waals surface area (Å²) >= 11 is 0. The zero-order valence-electron chi connectivity index (χ0n) is 11.0. The maximum atomic E-state index is 12.1. The third kappa shape index (κ3) is 2.56. The Balaban J connectivity index is 1.56. The highest BCUT2D eigenvalue weighted by Gasteiger charge is 2.12. The number of hydrogen-bond acceptors (Lipinski definition) is 2. The van der Waals surface area contributed by atoms with Gasteiger partial charge in [-0.3, -0.25) is 9.89 Å². The molecule has 0 bridgehead atoms. The molecule has 0 saturated heterocycles. The van der Waals surface area contributed by atoms with Crippen molar-refractivity contribution in [1.29, 1.82) is 0 Å². The Morgan fingerprint density at radius 2 is 2.00 bits per heavy atom. The minimum atomic E-state index is -0.130. The van der Waals surface area contributed by atoms with Crippen molar-refractivity contribution in [2.75, 3.05) is 6.54 Å². The van der Waals surface area contributed by atoms with Gasteiger partial charge in [-0.05, 0) is 24.6 Å². The molecule has 2 N–H and O–H groups in total. The number of rotatable bonds is 5. The SMILES string of the molecule is O=C(NCCCn1cccc1)c1n[nH]c2ccccc12. The minimum Gasteiger partial charge on any atom is -0.354 e. The van der Waals surface area contributed by atoms with Crippen molar-refractivity contribution < 1.29 is 4.79 Å². The van der Waals surface area contributed by atoms with Crippen LogP contribution in [0.1, 0.15) is 16.9 Å². The van der Waals surface area contributed by atoms with Crippen molar-refractivity contribution in [2.24, 2.45) is 0 Å². The molecule has 0 atom stereocenters. The molecule has 0 fully saturated rings. The van der Waals surface area contributed by atoms with Crippen molar-refractivity contribution in [3.05, 3.63) is 54.5 Å². The first kappa shape index (κ1) is 12.5. The van der Waals surface area contributed by atoms with Crippen molar-refractivity contribution in [2.45, 2.75) is 13.0 Å². The zero-order chi connectivity index (χ0) is 13.8. The van der Waals surface area contributed by atoms with Gasteiger partial charge in [-0.15, -0.1) is 0 Å².